The number of carboxylic acid groups (broad SMARTS) is 1. The number of carboxylic acids is 1. The molecule has 0 spiro atoms. The van der Waals surface area contributed by atoms with Crippen LogP contribution in [0.25, 0.3) is 0 Å². The van der Waals surface area contributed by atoms with Gasteiger partial charge in [-0.25, -0.2) is 0 Å². The zero-order valence-electron chi connectivity index (χ0n) is 10.0. The number of rotatable bonds is 6. The van der Waals surface area contributed by atoms with E-state index >= 15 is 0 Å². The average Bonchev–Trinajstić information content (AvgIpc) is 2.14. The molecule has 0 radical (unpaired) electrons. The Morgan fingerprint density at radius 2 is 2.19 bits per heavy atom. The number of hydrogen-bond donors (Lipinski definition) is 2. The van der Waals surface area contributed by atoms with Crippen molar-refractivity contribution in [2.45, 2.75) is 51.5 Å². The SMILES string of the molecule is CC(C)(C#N)CCCNC1(C(=O)O)CCC1. The van der Waals surface area contributed by atoms with Gasteiger partial charge in [-0.05, 0) is 52.5 Å². The number of nitriles is 1. The molecule has 1 aliphatic carbocycles. The highest BCUT2D eigenvalue weighted by Crippen LogP contribution is 2.32. The van der Waals surface area contributed by atoms with Crippen LogP contribution < -0.4 is 5.32 Å². The third-order valence-corrected chi connectivity index (χ3v) is 3.36. The molecule has 0 saturated heterocycles. The summed E-state index contributed by atoms with van der Waals surface area (Å²) in [5.41, 5.74) is -0.978. The van der Waals surface area contributed by atoms with Crippen molar-refractivity contribution in [1.82, 2.24) is 5.32 Å². The zero-order chi connectivity index (χ0) is 12.2. The summed E-state index contributed by atoms with van der Waals surface area (Å²) in [5.74, 6) is -0.738. The minimum Gasteiger partial charge on any atom is -0.480 e. The Balaban J connectivity index is 2.26. The van der Waals surface area contributed by atoms with Crippen molar-refractivity contribution < 1.29 is 9.90 Å². The van der Waals surface area contributed by atoms with E-state index in [9.17, 15) is 4.79 Å². The molecule has 0 aromatic carbocycles. The summed E-state index contributed by atoms with van der Waals surface area (Å²) in [7, 11) is 0. The van der Waals surface area contributed by atoms with Crippen molar-refractivity contribution in [3.05, 3.63) is 0 Å². The van der Waals surface area contributed by atoms with Crippen LogP contribution in [-0.2, 0) is 4.79 Å². The van der Waals surface area contributed by atoms with Gasteiger partial charge in [-0.2, -0.15) is 5.26 Å². The molecule has 2 N–H and O–H groups in total. The first-order valence-electron chi connectivity index (χ1n) is 5.82. The molecular formula is C12H20N2O2. The Morgan fingerprint density at radius 3 is 2.56 bits per heavy atom. The van der Waals surface area contributed by atoms with Gasteiger partial charge in [0.05, 0.1) is 11.5 Å². The van der Waals surface area contributed by atoms with Gasteiger partial charge in [0.2, 0.25) is 0 Å². The summed E-state index contributed by atoms with van der Waals surface area (Å²) in [5, 5.41) is 21.0. The fourth-order valence-corrected chi connectivity index (χ4v) is 1.91. The van der Waals surface area contributed by atoms with Crippen LogP contribution in [0.4, 0.5) is 0 Å². The lowest BCUT2D eigenvalue weighted by Crippen LogP contribution is -2.57. The van der Waals surface area contributed by atoms with E-state index in [0.29, 0.717) is 6.54 Å². The zero-order valence-corrected chi connectivity index (χ0v) is 10.0. The van der Waals surface area contributed by atoms with Gasteiger partial charge in [0.1, 0.15) is 5.54 Å². The van der Waals surface area contributed by atoms with Crippen LogP contribution in [-0.4, -0.2) is 23.2 Å². The molecule has 1 saturated carbocycles. The van der Waals surface area contributed by atoms with Crippen molar-refractivity contribution in [3.63, 3.8) is 0 Å². The fraction of sp³-hybridized carbons (Fsp3) is 0.833. The molecule has 1 aliphatic rings. The number of nitrogens with one attached hydrogen (secondary N) is 1. The van der Waals surface area contributed by atoms with Gasteiger partial charge in [0, 0.05) is 0 Å². The maximum atomic E-state index is 11.0. The van der Waals surface area contributed by atoms with Crippen LogP contribution in [0.2, 0.25) is 0 Å². The second kappa shape index (κ2) is 4.84. The Hall–Kier alpha value is -1.08. The monoisotopic (exact) mass is 224 g/mol. The van der Waals surface area contributed by atoms with Crippen molar-refractivity contribution in [2.75, 3.05) is 6.54 Å². The molecular weight excluding hydrogens is 204 g/mol. The molecule has 4 nitrogen and oxygen atoms in total. The van der Waals surface area contributed by atoms with Crippen molar-refractivity contribution in [1.29, 1.82) is 5.26 Å². The largest absolute Gasteiger partial charge is 0.480 e. The third kappa shape index (κ3) is 2.96. The van der Waals surface area contributed by atoms with Crippen LogP contribution in [0.15, 0.2) is 0 Å². The Morgan fingerprint density at radius 1 is 1.56 bits per heavy atom. The van der Waals surface area contributed by atoms with E-state index in [2.05, 4.69) is 11.4 Å². The summed E-state index contributed by atoms with van der Waals surface area (Å²) in [6.45, 7) is 4.49. The topological polar surface area (TPSA) is 73.1 Å². The highest BCUT2D eigenvalue weighted by Gasteiger charge is 2.43. The van der Waals surface area contributed by atoms with Gasteiger partial charge in [0.25, 0.3) is 0 Å². The second-order valence-electron chi connectivity index (χ2n) is 5.27. The predicted octanol–water partition coefficient (Wildman–Crippen LogP) is 1.91. The molecule has 0 amide bonds. The molecule has 0 heterocycles. The Bertz CT molecular complexity index is 301. The van der Waals surface area contributed by atoms with Gasteiger partial charge in [-0.3, -0.25) is 4.79 Å². The minimum absolute atomic E-state index is 0.308. The lowest BCUT2D eigenvalue weighted by molar-refractivity contribution is -0.148. The molecule has 0 bridgehead atoms. The summed E-state index contributed by atoms with van der Waals surface area (Å²) >= 11 is 0. The van der Waals surface area contributed by atoms with Gasteiger partial charge in [-0.15, -0.1) is 0 Å². The summed E-state index contributed by atoms with van der Waals surface area (Å²) in [4.78, 5) is 11.0. The Kier molecular flexibility index (Phi) is 3.93. The maximum absolute atomic E-state index is 11.0. The smallest absolute Gasteiger partial charge is 0.323 e. The molecule has 16 heavy (non-hydrogen) atoms. The van der Waals surface area contributed by atoms with E-state index in [1.54, 1.807) is 0 Å². The second-order valence-corrected chi connectivity index (χ2v) is 5.27. The van der Waals surface area contributed by atoms with E-state index in [0.717, 1.165) is 32.1 Å². The molecule has 0 aromatic rings. The van der Waals surface area contributed by atoms with Gasteiger partial charge in [0.15, 0.2) is 0 Å². The molecule has 0 atom stereocenters. The molecule has 4 heteroatoms. The van der Waals surface area contributed by atoms with Crippen LogP contribution >= 0.6 is 0 Å². The molecule has 0 unspecified atom stereocenters. The normalized spacial score (nSPS) is 18.6. The van der Waals surface area contributed by atoms with Crippen LogP contribution in [0, 0.1) is 16.7 Å². The van der Waals surface area contributed by atoms with Crippen LogP contribution in [0.5, 0.6) is 0 Å². The predicted molar refractivity (Wildman–Crippen MR) is 60.8 cm³/mol. The first-order chi connectivity index (χ1) is 7.42. The lowest BCUT2D eigenvalue weighted by Gasteiger charge is -2.38. The molecule has 90 valence electrons. The van der Waals surface area contributed by atoms with E-state index < -0.39 is 11.5 Å². The lowest BCUT2D eigenvalue weighted by atomic mass is 9.76. The first-order valence-corrected chi connectivity index (χ1v) is 5.82. The van der Waals surface area contributed by atoms with Crippen LogP contribution in [0.3, 0.4) is 0 Å². The van der Waals surface area contributed by atoms with E-state index in [4.69, 9.17) is 10.4 Å². The standard InChI is InChI=1S/C12H20N2O2/c1-11(2,9-13)5-4-8-14-12(10(15)16)6-3-7-12/h14H,3-8H2,1-2H3,(H,15,16). The molecule has 1 rings (SSSR count). The first kappa shape index (κ1) is 13.0. The molecule has 0 aliphatic heterocycles. The summed E-state index contributed by atoms with van der Waals surface area (Å²) in [6, 6.07) is 2.25. The quantitative estimate of drug-likeness (QED) is 0.676. The van der Waals surface area contributed by atoms with E-state index in [1.165, 1.54) is 0 Å². The van der Waals surface area contributed by atoms with Gasteiger partial charge >= 0.3 is 5.97 Å². The van der Waals surface area contributed by atoms with Gasteiger partial charge in [-0.1, -0.05) is 0 Å². The van der Waals surface area contributed by atoms with Crippen molar-refractivity contribution in [2.24, 2.45) is 5.41 Å². The number of hydrogen-bond acceptors (Lipinski definition) is 3. The van der Waals surface area contributed by atoms with Crippen molar-refractivity contribution in [3.8, 4) is 6.07 Å². The van der Waals surface area contributed by atoms with Crippen LogP contribution in [0.1, 0.15) is 46.0 Å². The number of carbonyl (C=O) groups is 1. The Labute approximate surface area is 96.6 Å². The summed E-state index contributed by atoms with van der Waals surface area (Å²) < 4.78 is 0. The van der Waals surface area contributed by atoms with E-state index in [-0.39, 0.29) is 5.41 Å². The highest BCUT2D eigenvalue weighted by molar-refractivity contribution is 5.79. The summed E-state index contributed by atoms with van der Waals surface area (Å²) in [6.07, 6.45) is 4.08. The highest BCUT2D eigenvalue weighted by atomic mass is 16.4. The fourth-order valence-electron chi connectivity index (χ4n) is 1.91. The van der Waals surface area contributed by atoms with Gasteiger partial charge < -0.3 is 10.4 Å². The van der Waals surface area contributed by atoms with Crippen molar-refractivity contribution >= 4 is 5.97 Å². The molecule has 0 aromatic heterocycles. The maximum Gasteiger partial charge on any atom is 0.323 e. The number of nitrogens with zero attached hydrogens (tertiary/aromatic N) is 1. The number of aliphatic carboxylic acids is 1. The third-order valence-electron chi connectivity index (χ3n) is 3.36. The van der Waals surface area contributed by atoms with E-state index in [1.807, 2.05) is 13.8 Å². The average molecular weight is 224 g/mol. The minimum atomic E-state index is -0.738. The molecule has 1 fully saturated rings.